The number of hydrogen-bond acceptors (Lipinski definition) is 4. The summed E-state index contributed by atoms with van der Waals surface area (Å²) in [7, 11) is 0.339. The molecule has 1 saturated heterocycles. The smallest absolute Gasteiger partial charge is 0.318 e. The number of carboxylic acids is 1. The van der Waals surface area contributed by atoms with E-state index in [9.17, 15) is 13.8 Å². The molecule has 0 aromatic carbocycles. The fraction of sp³-hybridized carbons (Fsp3) is 0.800. The first-order chi connectivity index (χ1) is 7.91. The molecule has 0 aliphatic carbocycles. The van der Waals surface area contributed by atoms with Gasteiger partial charge in [-0.25, -0.2) is 0 Å². The van der Waals surface area contributed by atoms with E-state index in [0.717, 1.165) is 13.1 Å². The van der Waals surface area contributed by atoms with Crippen molar-refractivity contribution in [3.8, 4) is 0 Å². The number of carbonyl (C=O) groups excluding carboxylic acids is 1. The molecule has 0 aromatic heterocycles. The predicted octanol–water partition coefficient (Wildman–Crippen LogP) is -1.02. The van der Waals surface area contributed by atoms with Gasteiger partial charge >= 0.3 is 5.97 Å². The van der Waals surface area contributed by atoms with Crippen LogP contribution in [0.3, 0.4) is 0 Å². The Morgan fingerprint density at radius 1 is 1.29 bits per heavy atom. The van der Waals surface area contributed by atoms with Gasteiger partial charge in [-0.2, -0.15) is 0 Å². The number of amides is 1. The second kappa shape index (κ2) is 6.11. The van der Waals surface area contributed by atoms with Crippen molar-refractivity contribution in [3.05, 3.63) is 0 Å². The van der Waals surface area contributed by atoms with E-state index in [1.54, 1.807) is 4.90 Å². The molecule has 0 saturated carbocycles. The molecule has 1 N–H and O–H groups in total. The summed E-state index contributed by atoms with van der Waals surface area (Å²) in [6.45, 7) is 4.19. The van der Waals surface area contributed by atoms with Crippen LogP contribution in [0.5, 0.6) is 0 Å². The number of hydrogen-bond donors (Lipinski definition) is 1. The minimum Gasteiger partial charge on any atom is -0.480 e. The quantitative estimate of drug-likeness (QED) is 0.702. The third kappa shape index (κ3) is 4.08. The van der Waals surface area contributed by atoms with Crippen molar-refractivity contribution in [3.63, 3.8) is 0 Å². The zero-order valence-corrected chi connectivity index (χ0v) is 10.9. The van der Waals surface area contributed by atoms with E-state index in [-0.39, 0.29) is 11.7 Å². The number of rotatable bonds is 4. The average molecular weight is 262 g/mol. The van der Waals surface area contributed by atoms with E-state index in [2.05, 4.69) is 4.90 Å². The number of carboxylic acid groups (broad SMARTS) is 1. The molecule has 2 unspecified atom stereocenters. The molecule has 98 valence electrons. The molecule has 0 aromatic rings. The first-order valence-electron chi connectivity index (χ1n) is 5.48. The largest absolute Gasteiger partial charge is 0.480 e. The molecule has 1 rings (SSSR count). The average Bonchev–Trinajstić information content (AvgIpc) is 2.28. The Hall–Kier alpha value is -0.950. The third-order valence-electron chi connectivity index (χ3n) is 2.86. The van der Waals surface area contributed by atoms with Crippen molar-refractivity contribution in [2.45, 2.75) is 12.2 Å². The lowest BCUT2D eigenvalue weighted by Gasteiger charge is -2.32. The van der Waals surface area contributed by atoms with Gasteiger partial charge < -0.3 is 14.9 Å². The lowest BCUT2D eigenvalue weighted by atomic mass is 10.3. The van der Waals surface area contributed by atoms with E-state index in [1.807, 2.05) is 7.05 Å². The van der Waals surface area contributed by atoms with Crippen molar-refractivity contribution < 1.29 is 18.9 Å². The van der Waals surface area contributed by atoms with Crippen LogP contribution in [0, 0.1) is 0 Å². The normalized spacial score (nSPS) is 20.9. The first kappa shape index (κ1) is 14.1. The molecule has 17 heavy (non-hydrogen) atoms. The molecule has 0 spiro atoms. The number of nitrogens with zero attached hydrogens (tertiary/aromatic N) is 2. The molecule has 2 atom stereocenters. The van der Waals surface area contributed by atoms with Crippen molar-refractivity contribution in [2.75, 3.05) is 39.0 Å². The van der Waals surface area contributed by atoms with Crippen molar-refractivity contribution in [1.29, 1.82) is 0 Å². The molecular weight excluding hydrogens is 244 g/mol. The number of carbonyl (C=O) groups is 2. The van der Waals surface area contributed by atoms with Gasteiger partial charge in [0.15, 0.2) is 0 Å². The van der Waals surface area contributed by atoms with Crippen LogP contribution in [0.4, 0.5) is 0 Å². The fourth-order valence-corrected chi connectivity index (χ4v) is 2.41. The van der Waals surface area contributed by atoms with E-state index in [0.29, 0.717) is 13.1 Å². The molecule has 1 aliphatic heterocycles. The van der Waals surface area contributed by atoms with Gasteiger partial charge in [-0.1, -0.05) is 0 Å². The topological polar surface area (TPSA) is 77.9 Å². The summed E-state index contributed by atoms with van der Waals surface area (Å²) in [6, 6.07) is 0. The summed E-state index contributed by atoms with van der Waals surface area (Å²) in [5.74, 6) is -1.55. The van der Waals surface area contributed by atoms with Crippen LogP contribution in [0.1, 0.15) is 6.92 Å². The lowest BCUT2D eigenvalue weighted by Crippen LogP contribution is -2.48. The Morgan fingerprint density at radius 2 is 1.82 bits per heavy atom. The molecule has 7 heteroatoms. The maximum atomic E-state index is 11.8. The molecule has 1 amide bonds. The highest BCUT2D eigenvalue weighted by atomic mass is 32.2. The third-order valence-corrected chi connectivity index (χ3v) is 4.39. The zero-order valence-electron chi connectivity index (χ0n) is 10.1. The van der Waals surface area contributed by atoms with Crippen LogP contribution in [0.25, 0.3) is 0 Å². The number of piperazine rings is 1. The van der Waals surface area contributed by atoms with Gasteiger partial charge in [0.2, 0.25) is 5.91 Å². The number of likely N-dealkylation sites (N-methyl/N-ethyl adjacent to an activating group) is 1. The summed E-state index contributed by atoms with van der Waals surface area (Å²) >= 11 is 0. The Balaban J connectivity index is 2.44. The van der Waals surface area contributed by atoms with Gasteiger partial charge in [-0.05, 0) is 14.0 Å². The van der Waals surface area contributed by atoms with Gasteiger partial charge in [0, 0.05) is 37.0 Å². The van der Waals surface area contributed by atoms with Gasteiger partial charge in [0.25, 0.3) is 0 Å². The Kier molecular flexibility index (Phi) is 5.07. The summed E-state index contributed by atoms with van der Waals surface area (Å²) in [4.78, 5) is 26.1. The molecule has 1 heterocycles. The standard InChI is InChI=1S/C10H18N2O4S/c1-8(10(14)15)17(16)7-9(13)12-5-3-11(2)4-6-12/h8H,3-7H2,1-2H3,(H,14,15). The number of aliphatic carboxylic acids is 1. The van der Waals surface area contributed by atoms with E-state index < -0.39 is 22.0 Å². The molecule has 0 radical (unpaired) electrons. The van der Waals surface area contributed by atoms with Crippen LogP contribution in [-0.4, -0.2) is 75.2 Å². The second-order valence-electron chi connectivity index (χ2n) is 4.19. The monoisotopic (exact) mass is 262 g/mol. The SMILES string of the molecule is CC(C(=O)O)S(=O)CC(=O)N1CCN(C)CC1. The zero-order chi connectivity index (χ0) is 13.0. The van der Waals surface area contributed by atoms with Crippen molar-refractivity contribution >= 4 is 22.7 Å². The Labute approximate surface area is 103 Å². The summed E-state index contributed by atoms with van der Waals surface area (Å²) < 4.78 is 11.6. The highest BCUT2D eigenvalue weighted by Gasteiger charge is 2.25. The first-order valence-corrected chi connectivity index (χ1v) is 6.86. The van der Waals surface area contributed by atoms with Crippen LogP contribution >= 0.6 is 0 Å². The maximum absolute atomic E-state index is 11.8. The highest BCUT2D eigenvalue weighted by molar-refractivity contribution is 7.87. The van der Waals surface area contributed by atoms with Gasteiger partial charge in [-0.3, -0.25) is 13.8 Å². The van der Waals surface area contributed by atoms with Gasteiger partial charge in [0.1, 0.15) is 11.0 Å². The summed E-state index contributed by atoms with van der Waals surface area (Å²) in [6.07, 6.45) is 0. The van der Waals surface area contributed by atoms with E-state index >= 15 is 0 Å². The van der Waals surface area contributed by atoms with Crippen LogP contribution in [0.15, 0.2) is 0 Å². The summed E-state index contributed by atoms with van der Waals surface area (Å²) in [5, 5.41) is 7.69. The molecule has 0 bridgehead atoms. The molecule has 1 fully saturated rings. The fourth-order valence-electron chi connectivity index (χ4n) is 1.51. The maximum Gasteiger partial charge on any atom is 0.318 e. The molecule has 6 nitrogen and oxygen atoms in total. The van der Waals surface area contributed by atoms with Crippen LogP contribution in [-0.2, 0) is 20.4 Å². The van der Waals surface area contributed by atoms with Crippen molar-refractivity contribution in [2.24, 2.45) is 0 Å². The van der Waals surface area contributed by atoms with Crippen LogP contribution < -0.4 is 0 Å². The lowest BCUT2D eigenvalue weighted by molar-refractivity contribution is -0.136. The molecule has 1 aliphatic rings. The Bertz CT molecular complexity index is 326. The molecular formula is C10H18N2O4S. The van der Waals surface area contributed by atoms with Gasteiger partial charge in [0.05, 0.1) is 0 Å². The van der Waals surface area contributed by atoms with Crippen molar-refractivity contribution in [1.82, 2.24) is 9.80 Å². The Morgan fingerprint density at radius 3 is 2.29 bits per heavy atom. The van der Waals surface area contributed by atoms with E-state index in [1.165, 1.54) is 6.92 Å². The summed E-state index contributed by atoms with van der Waals surface area (Å²) in [5.41, 5.74) is 0. The minimum atomic E-state index is -1.64. The van der Waals surface area contributed by atoms with E-state index in [4.69, 9.17) is 5.11 Å². The second-order valence-corrected chi connectivity index (χ2v) is 5.95. The predicted molar refractivity (Wildman–Crippen MR) is 64.2 cm³/mol. The van der Waals surface area contributed by atoms with Gasteiger partial charge in [-0.15, -0.1) is 0 Å². The van der Waals surface area contributed by atoms with Crippen LogP contribution in [0.2, 0.25) is 0 Å². The highest BCUT2D eigenvalue weighted by Crippen LogP contribution is 2.03. The minimum absolute atomic E-state index is 0.197.